The van der Waals surface area contributed by atoms with Gasteiger partial charge >= 0.3 is 0 Å². The van der Waals surface area contributed by atoms with Gasteiger partial charge in [-0.1, -0.05) is 44.2 Å². The average molecular weight is 231 g/mol. The third-order valence-corrected chi connectivity index (χ3v) is 3.90. The Hall–Kier alpha value is -1.12. The zero-order valence-electron chi connectivity index (χ0n) is 9.73. The SMILES string of the molecule is CC(C)(CN)c1ccc(-c2cccs2)cc1. The minimum Gasteiger partial charge on any atom is -0.330 e. The first kappa shape index (κ1) is 11.4. The van der Waals surface area contributed by atoms with Crippen molar-refractivity contribution in [2.24, 2.45) is 5.73 Å². The summed E-state index contributed by atoms with van der Waals surface area (Å²) >= 11 is 1.77. The Labute approximate surface area is 101 Å². The zero-order chi connectivity index (χ0) is 11.6. The Bertz CT molecular complexity index is 440. The van der Waals surface area contributed by atoms with Crippen molar-refractivity contribution in [1.29, 1.82) is 0 Å². The van der Waals surface area contributed by atoms with E-state index < -0.39 is 0 Å². The quantitative estimate of drug-likeness (QED) is 0.857. The first-order valence-electron chi connectivity index (χ1n) is 5.48. The van der Waals surface area contributed by atoms with E-state index in [2.05, 4.69) is 55.6 Å². The van der Waals surface area contributed by atoms with E-state index in [-0.39, 0.29) is 5.41 Å². The van der Waals surface area contributed by atoms with Gasteiger partial charge in [0.05, 0.1) is 0 Å². The first-order valence-corrected chi connectivity index (χ1v) is 6.36. The van der Waals surface area contributed by atoms with E-state index in [1.807, 2.05) is 0 Å². The molecule has 0 atom stereocenters. The van der Waals surface area contributed by atoms with Crippen LogP contribution in [0.2, 0.25) is 0 Å². The molecule has 2 heteroatoms. The van der Waals surface area contributed by atoms with Gasteiger partial charge in [-0.15, -0.1) is 11.3 Å². The summed E-state index contributed by atoms with van der Waals surface area (Å²) in [7, 11) is 0. The predicted octanol–water partition coefficient (Wildman–Crippen LogP) is 3.65. The van der Waals surface area contributed by atoms with Crippen molar-refractivity contribution in [1.82, 2.24) is 0 Å². The molecule has 16 heavy (non-hydrogen) atoms. The Morgan fingerprint density at radius 1 is 1.12 bits per heavy atom. The molecule has 0 fully saturated rings. The van der Waals surface area contributed by atoms with Gasteiger partial charge in [0.25, 0.3) is 0 Å². The van der Waals surface area contributed by atoms with Crippen LogP contribution in [0.1, 0.15) is 19.4 Å². The second-order valence-electron chi connectivity index (χ2n) is 4.64. The molecule has 0 spiro atoms. The minimum absolute atomic E-state index is 0.0635. The lowest BCUT2D eigenvalue weighted by atomic mass is 9.84. The number of thiophene rings is 1. The summed E-state index contributed by atoms with van der Waals surface area (Å²) in [6.07, 6.45) is 0. The molecule has 0 saturated carbocycles. The van der Waals surface area contributed by atoms with Gasteiger partial charge in [-0.2, -0.15) is 0 Å². The highest BCUT2D eigenvalue weighted by atomic mass is 32.1. The largest absolute Gasteiger partial charge is 0.330 e. The van der Waals surface area contributed by atoms with E-state index in [9.17, 15) is 0 Å². The summed E-state index contributed by atoms with van der Waals surface area (Å²) in [6, 6.07) is 13.0. The lowest BCUT2D eigenvalue weighted by molar-refractivity contribution is 0.539. The molecule has 1 aromatic heterocycles. The molecule has 0 radical (unpaired) electrons. The van der Waals surface area contributed by atoms with Crippen molar-refractivity contribution in [2.45, 2.75) is 19.3 Å². The molecule has 1 nitrogen and oxygen atoms in total. The second kappa shape index (κ2) is 4.40. The van der Waals surface area contributed by atoms with Crippen molar-refractivity contribution in [3.05, 3.63) is 47.3 Å². The molecule has 84 valence electrons. The van der Waals surface area contributed by atoms with Gasteiger partial charge < -0.3 is 5.73 Å². The summed E-state index contributed by atoms with van der Waals surface area (Å²) in [4.78, 5) is 1.32. The van der Waals surface area contributed by atoms with Crippen LogP contribution in [0.5, 0.6) is 0 Å². The monoisotopic (exact) mass is 231 g/mol. The van der Waals surface area contributed by atoms with Crippen LogP contribution in [0.4, 0.5) is 0 Å². The van der Waals surface area contributed by atoms with E-state index in [0.717, 1.165) is 0 Å². The Morgan fingerprint density at radius 3 is 2.31 bits per heavy atom. The smallest absolute Gasteiger partial charge is 0.0342 e. The zero-order valence-corrected chi connectivity index (χ0v) is 10.6. The lowest BCUT2D eigenvalue weighted by Crippen LogP contribution is -2.27. The Morgan fingerprint density at radius 2 is 1.81 bits per heavy atom. The topological polar surface area (TPSA) is 26.0 Å². The fourth-order valence-corrected chi connectivity index (χ4v) is 2.38. The molecule has 0 bridgehead atoms. The fraction of sp³-hybridized carbons (Fsp3) is 0.286. The van der Waals surface area contributed by atoms with Crippen LogP contribution in [-0.2, 0) is 5.41 Å². The van der Waals surface area contributed by atoms with Gasteiger partial charge in [0.2, 0.25) is 0 Å². The summed E-state index contributed by atoms with van der Waals surface area (Å²) in [5.41, 5.74) is 8.42. The van der Waals surface area contributed by atoms with Crippen LogP contribution in [0.3, 0.4) is 0 Å². The molecule has 0 aliphatic rings. The van der Waals surface area contributed by atoms with Crippen molar-refractivity contribution < 1.29 is 0 Å². The number of nitrogens with two attached hydrogens (primary N) is 1. The molecule has 2 rings (SSSR count). The molecule has 1 aromatic carbocycles. The molecule has 0 amide bonds. The molecule has 0 unspecified atom stereocenters. The normalized spacial score (nSPS) is 11.7. The van der Waals surface area contributed by atoms with Gasteiger partial charge in [-0.3, -0.25) is 0 Å². The molecular weight excluding hydrogens is 214 g/mol. The van der Waals surface area contributed by atoms with Crippen LogP contribution < -0.4 is 5.73 Å². The Kier molecular flexibility index (Phi) is 3.13. The van der Waals surface area contributed by atoms with Crippen molar-refractivity contribution in [3.63, 3.8) is 0 Å². The number of hydrogen-bond acceptors (Lipinski definition) is 2. The maximum atomic E-state index is 5.77. The minimum atomic E-state index is 0.0635. The van der Waals surface area contributed by atoms with Crippen LogP contribution in [0, 0.1) is 0 Å². The van der Waals surface area contributed by atoms with Crippen molar-refractivity contribution in [2.75, 3.05) is 6.54 Å². The molecule has 0 aliphatic carbocycles. The highest BCUT2D eigenvalue weighted by Crippen LogP contribution is 2.28. The van der Waals surface area contributed by atoms with E-state index >= 15 is 0 Å². The van der Waals surface area contributed by atoms with Crippen LogP contribution >= 0.6 is 11.3 Å². The molecule has 0 aliphatic heterocycles. The van der Waals surface area contributed by atoms with Crippen LogP contribution in [-0.4, -0.2) is 6.54 Å². The van der Waals surface area contributed by atoms with Gasteiger partial charge in [-0.25, -0.2) is 0 Å². The highest BCUT2D eigenvalue weighted by molar-refractivity contribution is 7.13. The molecule has 2 aromatic rings. The Balaban J connectivity index is 2.30. The summed E-state index contributed by atoms with van der Waals surface area (Å²) < 4.78 is 0. The number of rotatable bonds is 3. The summed E-state index contributed by atoms with van der Waals surface area (Å²) in [6.45, 7) is 5.02. The maximum absolute atomic E-state index is 5.77. The standard InChI is InChI=1S/C14H17NS/c1-14(2,10-15)12-7-5-11(6-8-12)13-4-3-9-16-13/h3-9H,10,15H2,1-2H3. The third-order valence-electron chi connectivity index (χ3n) is 2.98. The molecule has 0 saturated heterocycles. The highest BCUT2D eigenvalue weighted by Gasteiger charge is 2.17. The lowest BCUT2D eigenvalue weighted by Gasteiger charge is -2.23. The van der Waals surface area contributed by atoms with Crippen molar-refractivity contribution >= 4 is 11.3 Å². The van der Waals surface area contributed by atoms with E-state index in [4.69, 9.17) is 5.73 Å². The van der Waals surface area contributed by atoms with Crippen molar-refractivity contribution in [3.8, 4) is 10.4 Å². The van der Waals surface area contributed by atoms with Gasteiger partial charge in [0.15, 0.2) is 0 Å². The van der Waals surface area contributed by atoms with E-state index in [0.29, 0.717) is 6.54 Å². The fourth-order valence-electron chi connectivity index (χ4n) is 1.65. The summed E-state index contributed by atoms with van der Waals surface area (Å²) in [5, 5.41) is 2.10. The summed E-state index contributed by atoms with van der Waals surface area (Å²) in [5.74, 6) is 0. The maximum Gasteiger partial charge on any atom is 0.0342 e. The molecule has 1 heterocycles. The number of benzene rings is 1. The van der Waals surface area contributed by atoms with Gasteiger partial charge in [0, 0.05) is 16.8 Å². The predicted molar refractivity (Wildman–Crippen MR) is 71.8 cm³/mol. The molecule has 2 N–H and O–H groups in total. The van der Waals surface area contributed by atoms with E-state index in [1.165, 1.54) is 16.0 Å². The van der Waals surface area contributed by atoms with Gasteiger partial charge in [-0.05, 0) is 22.6 Å². The number of hydrogen-bond donors (Lipinski definition) is 1. The van der Waals surface area contributed by atoms with Crippen LogP contribution in [0.15, 0.2) is 41.8 Å². The molecular formula is C14H17NS. The first-order chi connectivity index (χ1) is 7.63. The van der Waals surface area contributed by atoms with Crippen LogP contribution in [0.25, 0.3) is 10.4 Å². The third kappa shape index (κ3) is 2.18. The average Bonchev–Trinajstić information content (AvgIpc) is 2.83. The van der Waals surface area contributed by atoms with Gasteiger partial charge in [0.1, 0.15) is 0 Å². The van der Waals surface area contributed by atoms with E-state index in [1.54, 1.807) is 11.3 Å². The second-order valence-corrected chi connectivity index (χ2v) is 5.59.